The number of hydrogen-bond acceptors (Lipinski definition) is 4. The molecule has 18 heavy (non-hydrogen) atoms. The van der Waals surface area contributed by atoms with Gasteiger partial charge in [0.25, 0.3) is 0 Å². The van der Waals surface area contributed by atoms with Crippen LogP contribution in [0.15, 0.2) is 17.5 Å². The molecule has 1 N–H and O–H groups in total. The minimum atomic E-state index is -0.221. The van der Waals surface area contributed by atoms with E-state index in [1.54, 1.807) is 23.1 Å². The molecule has 3 nitrogen and oxygen atoms in total. The largest absolute Gasteiger partial charge is 0.317 e. The predicted molar refractivity (Wildman–Crippen MR) is 76.9 cm³/mol. The monoisotopic (exact) mass is 282 g/mol. The van der Waals surface area contributed by atoms with E-state index in [-0.39, 0.29) is 17.7 Å². The van der Waals surface area contributed by atoms with Crippen molar-refractivity contribution in [3.8, 4) is 0 Å². The first kappa shape index (κ1) is 12.5. The van der Waals surface area contributed by atoms with E-state index in [4.69, 9.17) is 0 Å². The van der Waals surface area contributed by atoms with Crippen LogP contribution in [0.1, 0.15) is 30.8 Å². The van der Waals surface area contributed by atoms with Gasteiger partial charge in [0.1, 0.15) is 11.7 Å². The number of amides is 1. The molecule has 1 aliphatic carbocycles. The second-order valence-corrected chi connectivity index (χ2v) is 7.05. The van der Waals surface area contributed by atoms with Crippen molar-refractivity contribution >= 4 is 29.0 Å². The summed E-state index contributed by atoms with van der Waals surface area (Å²) in [5.41, 5.74) is -0.221. The van der Waals surface area contributed by atoms with Crippen LogP contribution in [0.3, 0.4) is 0 Å². The number of nitrogens with one attached hydrogen (secondary N) is 1. The van der Waals surface area contributed by atoms with E-state index in [0.29, 0.717) is 5.91 Å². The standard InChI is InChI=1S/C13H18N2OS2/c1-9(8-17-2)15-11(10-4-3-7-18-10)14-13(5-6-13)12(15)16/h3-4,7,9,11,14H,5-6,8H2,1-2H3. The third-order valence-corrected chi connectivity index (χ3v) is 5.52. The summed E-state index contributed by atoms with van der Waals surface area (Å²) >= 11 is 3.53. The van der Waals surface area contributed by atoms with Crippen molar-refractivity contribution in [3.05, 3.63) is 22.4 Å². The first-order chi connectivity index (χ1) is 8.68. The van der Waals surface area contributed by atoms with Crippen LogP contribution < -0.4 is 5.32 Å². The molecule has 3 rings (SSSR count). The Hall–Kier alpha value is -0.520. The van der Waals surface area contributed by atoms with Crippen molar-refractivity contribution in [3.63, 3.8) is 0 Å². The van der Waals surface area contributed by atoms with Gasteiger partial charge < -0.3 is 4.90 Å². The zero-order valence-electron chi connectivity index (χ0n) is 10.7. The van der Waals surface area contributed by atoms with Gasteiger partial charge in [0, 0.05) is 16.7 Å². The molecule has 98 valence electrons. The van der Waals surface area contributed by atoms with E-state index in [1.165, 1.54) is 4.88 Å². The van der Waals surface area contributed by atoms with Gasteiger partial charge >= 0.3 is 0 Å². The molecule has 0 radical (unpaired) electrons. The first-order valence-corrected chi connectivity index (χ1v) is 8.58. The van der Waals surface area contributed by atoms with Crippen molar-refractivity contribution in [2.75, 3.05) is 12.0 Å². The van der Waals surface area contributed by atoms with Gasteiger partial charge in [0.05, 0.1) is 0 Å². The molecule has 2 atom stereocenters. The van der Waals surface area contributed by atoms with Gasteiger partial charge in [0.2, 0.25) is 5.91 Å². The topological polar surface area (TPSA) is 32.3 Å². The fraction of sp³-hybridized carbons (Fsp3) is 0.615. The number of thiophene rings is 1. The van der Waals surface area contributed by atoms with Crippen LogP contribution in [0.2, 0.25) is 0 Å². The van der Waals surface area contributed by atoms with E-state index in [2.05, 4.69) is 40.9 Å². The van der Waals surface area contributed by atoms with E-state index >= 15 is 0 Å². The summed E-state index contributed by atoms with van der Waals surface area (Å²) in [5.74, 6) is 1.30. The van der Waals surface area contributed by atoms with Crippen molar-refractivity contribution in [2.24, 2.45) is 0 Å². The van der Waals surface area contributed by atoms with E-state index in [1.807, 2.05) is 0 Å². The van der Waals surface area contributed by atoms with Crippen LogP contribution in [0.5, 0.6) is 0 Å². The van der Waals surface area contributed by atoms with Gasteiger partial charge in [-0.15, -0.1) is 11.3 Å². The Morgan fingerprint density at radius 3 is 3.00 bits per heavy atom. The molecule has 1 spiro atoms. The fourth-order valence-corrected chi connectivity index (χ4v) is 4.09. The molecule has 0 bridgehead atoms. The minimum Gasteiger partial charge on any atom is -0.317 e. The predicted octanol–water partition coefficient (Wildman–Crippen LogP) is 2.46. The van der Waals surface area contributed by atoms with Gasteiger partial charge in [-0.3, -0.25) is 10.1 Å². The van der Waals surface area contributed by atoms with Crippen molar-refractivity contribution < 1.29 is 4.79 Å². The number of thioether (sulfide) groups is 1. The van der Waals surface area contributed by atoms with E-state index in [0.717, 1.165) is 18.6 Å². The van der Waals surface area contributed by atoms with Crippen LogP contribution >= 0.6 is 23.1 Å². The summed E-state index contributed by atoms with van der Waals surface area (Å²) in [7, 11) is 0. The Kier molecular flexibility index (Phi) is 3.16. The summed E-state index contributed by atoms with van der Waals surface area (Å²) in [6.45, 7) is 2.15. The lowest BCUT2D eigenvalue weighted by Gasteiger charge is -2.29. The highest BCUT2D eigenvalue weighted by atomic mass is 32.2. The van der Waals surface area contributed by atoms with Gasteiger partial charge in [-0.2, -0.15) is 11.8 Å². The van der Waals surface area contributed by atoms with Gasteiger partial charge in [-0.25, -0.2) is 0 Å². The Bertz CT molecular complexity index is 442. The SMILES string of the molecule is CSCC(C)N1C(=O)C2(CC2)NC1c1cccs1. The zero-order chi connectivity index (χ0) is 12.8. The van der Waals surface area contributed by atoms with Gasteiger partial charge in [-0.1, -0.05) is 6.07 Å². The molecular formula is C13H18N2OS2. The molecule has 1 aromatic rings. The third-order valence-electron chi connectivity index (χ3n) is 3.78. The lowest BCUT2D eigenvalue weighted by molar-refractivity contribution is -0.132. The molecule has 2 unspecified atom stereocenters. The highest BCUT2D eigenvalue weighted by molar-refractivity contribution is 7.98. The maximum Gasteiger partial charge on any atom is 0.244 e. The molecule has 2 fully saturated rings. The Morgan fingerprint density at radius 2 is 2.44 bits per heavy atom. The smallest absolute Gasteiger partial charge is 0.244 e. The number of carbonyl (C=O) groups is 1. The molecule has 1 amide bonds. The zero-order valence-corrected chi connectivity index (χ0v) is 12.3. The molecule has 0 aromatic carbocycles. The highest BCUT2D eigenvalue weighted by Crippen LogP contribution is 2.47. The highest BCUT2D eigenvalue weighted by Gasteiger charge is 2.60. The van der Waals surface area contributed by atoms with Gasteiger partial charge in [-0.05, 0) is 37.5 Å². The average molecular weight is 282 g/mol. The maximum absolute atomic E-state index is 12.6. The van der Waals surface area contributed by atoms with Crippen LogP contribution in [-0.2, 0) is 4.79 Å². The fourth-order valence-electron chi connectivity index (χ4n) is 2.67. The average Bonchev–Trinajstić information content (AvgIpc) is 2.83. The summed E-state index contributed by atoms with van der Waals surface area (Å²) in [6.07, 6.45) is 4.17. The van der Waals surface area contributed by atoms with Crippen LogP contribution in [0, 0.1) is 0 Å². The molecular weight excluding hydrogens is 264 g/mol. The molecule has 1 saturated heterocycles. The Balaban J connectivity index is 1.89. The summed E-state index contributed by atoms with van der Waals surface area (Å²) in [5, 5.41) is 5.64. The van der Waals surface area contributed by atoms with Crippen molar-refractivity contribution in [1.82, 2.24) is 10.2 Å². The summed E-state index contributed by atoms with van der Waals surface area (Å²) < 4.78 is 0. The molecule has 1 saturated carbocycles. The second-order valence-electron chi connectivity index (χ2n) is 5.16. The molecule has 1 aliphatic heterocycles. The quantitative estimate of drug-likeness (QED) is 0.921. The van der Waals surface area contributed by atoms with E-state index < -0.39 is 0 Å². The van der Waals surface area contributed by atoms with Crippen molar-refractivity contribution in [1.29, 1.82) is 0 Å². The molecule has 2 heterocycles. The molecule has 2 aliphatic rings. The van der Waals surface area contributed by atoms with Crippen LogP contribution in [0.25, 0.3) is 0 Å². The maximum atomic E-state index is 12.6. The normalized spacial score (nSPS) is 26.9. The first-order valence-electron chi connectivity index (χ1n) is 6.31. The number of hydrogen-bond donors (Lipinski definition) is 1. The van der Waals surface area contributed by atoms with Crippen LogP contribution in [-0.4, -0.2) is 34.4 Å². The van der Waals surface area contributed by atoms with E-state index in [9.17, 15) is 4.79 Å². The second kappa shape index (κ2) is 4.54. The Morgan fingerprint density at radius 1 is 1.67 bits per heavy atom. The number of nitrogens with zero attached hydrogens (tertiary/aromatic N) is 1. The van der Waals surface area contributed by atoms with Crippen LogP contribution in [0.4, 0.5) is 0 Å². The van der Waals surface area contributed by atoms with Crippen molar-refractivity contribution in [2.45, 2.75) is 37.5 Å². The molecule has 1 aromatic heterocycles. The van der Waals surface area contributed by atoms with Gasteiger partial charge in [0.15, 0.2) is 0 Å². The lowest BCUT2D eigenvalue weighted by atomic mass is 10.2. The summed E-state index contributed by atoms with van der Waals surface area (Å²) in [4.78, 5) is 15.9. The third kappa shape index (κ3) is 1.89. The number of rotatable bonds is 4. The minimum absolute atomic E-state index is 0.0853. The summed E-state index contributed by atoms with van der Waals surface area (Å²) in [6, 6.07) is 4.46. The Labute approximate surface area is 116 Å². The lowest BCUT2D eigenvalue weighted by Crippen LogP contribution is -2.40. The number of carbonyl (C=O) groups excluding carboxylic acids is 1. The molecule has 5 heteroatoms.